The summed E-state index contributed by atoms with van der Waals surface area (Å²) in [4.78, 5) is 11.4. The molecule has 0 amide bonds. The van der Waals surface area contributed by atoms with E-state index in [0.29, 0.717) is 13.0 Å². The lowest BCUT2D eigenvalue weighted by molar-refractivity contribution is -0.143. The summed E-state index contributed by atoms with van der Waals surface area (Å²) < 4.78 is 0. The van der Waals surface area contributed by atoms with Crippen molar-refractivity contribution in [2.75, 3.05) is 13.6 Å². The predicted octanol–water partition coefficient (Wildman–Crippen LogP) is 1.95. The summed E-state index contributed by atoms with van der Waals surface area (Å²) in [6, 6.07) is 7.72. The second kappa shape index (κ2) is 5.12. The van der Waals surface area contributed by atoms with Gasteiger partial charge in [0.05, 0.1) is 5.41 Å². The molecule has 0 spiro atoms. The van der Waals surface area contributed by atoms with Crippen LogP contribution in [0.3, 0.4) is 0 Å². The first-order chi connectivity index (χ1) is 7.50. The standard InChI is InChI=1S/C13H19NO2/c1-10-5-4-6-11(9-10)13(2,12(15)16)7-8-14-3/h4-6,9,14H,7-8H2,1-3H3,(H,15,16). The van der Waals surface area contributed by atoms with Crippen molar-refractivity contribution in [2.24, 2.45) is 0 Å². The molecule has 0 heterocycles. The summed E-state index contributed by atoms with van der Waals surface area (Å²) in [6.45, 7) is 4.45. The normalized spacial score (nSPS) is 14.4. The van der Waals surface area contributed by atoms with E-state index in [9.17, 15) is 9.90 Å². The number of hydrogen-bond acceptors (Lipinski definition) is 2. The van der Waals surface area contributed by atoms with Gasteiger partial charge in [-0.2, -0.15) is 0 Å². The Morgan fingerprint density at radius 1 is 1.50 bits per heavy atom. The molecule has 1 rings (SSSR count). The molecule has 0 radical (unpaired) electrons. The van der Waals surface area contributed by atoms with E-state index in [1.807, 2.05) is 38.2 Å². The fraction of sp³-hybridized carbons (Fsp3) is 0.462. The predicted molar refractivity (Wildman–Crippen MR) is 64.7 cm³/mol. The number of aryl methyl sites for hydroxylation is 1. The fourth-order valence-corrected chi connectivity index (χ4v) is 1.74. The third kappa shape index (κ3) is 2.61. The molecule has 0 aliphatic carbocycles. The van der Waals surface area contributed by atoms with E-state index in [0.717, 1.165) is 11.1 Å². The molecule has 0 bridgehead atoms. The van der Waals surface area contributed by atoms with E-state index in [1.165, 1.54) is 0 Å². The number of benzene rings is 1. The van der Waals surface area contributed by atoms with Crippen LogP contribution in [0.2, 0.25) is 0 Å². The number of carboxylic acid groups (broad SMARTS) is 1. The molecule has 0 saturated carbocycles. The van der Waals surface area contributed by atoms with Crippen LogP contribution < -0.4 is 5.32 Å². The Hall–Kier alpha value is -1.35. The van der Waals surface area contributed by atoms with Crippen molar-refractivity contribution >= 4 is 5.97 Å². The van der Waals surface area contributed by atoms with Gasteiger partial charge in [0.25, 0.3) is 0 Å². The minimum atomic E-state index is -0.810. The molecule has 0 fully saturated rings. The van der Waals surface area contributed by atoms with Crippen molar-refractivity contribution in [3.05, 3.63) is 35.4 Å². The maximum Gasteiger partial charge on any atom is 0.313 e. The Morgan fingerprint density at radius 3 is 2.69 bits per heavy atom. The average Bonchev–Trinajstić information content (AvgIpc) is 2.25. The molecular weight excluding hydrogens is 202 g/mol. The number of carboxylic acids is 1. The van der Waals surface area contributed by atoms with Crippen molar-refractivity contribution in [3.63, 3.8) is 0 Å². The zero-order chi connectivity index (χ0) is 12.2. The van der Waals surface area contributed by atoms with Crippen LogP contribution in [0.1, 0.15) is 24.5 Å². The molecule has 1 aromatic rings. The minimum absolute atomic E-state index is 0.586. The van der Waals surface area contributed by atoms with Crippen molar-refractivity contribution in [1.82, 2.24) is 5.32 Å². The van der Waals surface area contributed by atoms with E-state index in [1.54, 1.807) is 6.92 Å². The number of carbonyl (C=O) groups is 1. The summed E-state index contributed by atoms with van der Waals surface area (Å²) in [5.74, 6) is -0.770. The summed E-state index contributed by atoms with van der Waals surface area (Å²) in [5, 5.41) is 12.4. The molecule has 0 aliphatic rings. The highest BCUT2D eigenvalue weighted by molar-refractivity contribution is 5.80. The molecular formula is C13H19NO2. The van der Waals surface area contributed by atoms with Crippen molar-refractivity contribution in [3.8, 4) is 0 Å². The Labute approximate surface area is 96.5 Å². The lowest BCUT2D eigenvalue weighted by atomic mass is 9.79. The molecule has 1 aromatic carbocycles. The fourth-order valence-electron chi connectivity index (χ4n) is 1.74. The van der Waals surface area contributed by atoms with E-state index >= 15 is 0 Å². The quantitative estimate of drug-likeness (QED) is 0.799. The summed E-state index contributed by atoms with van der Waals surface area (Å²) >= 11 is 0. The van der Waals surface area contributed by atoms with Crippen LogP contribution in [-0.2, 0) is 10.2 Å². The maximum atomic E-state index is 11.4. The maximum absolute atomic E-state index is 11.4. The van der Waals surface area contributed by atoms with Gasteiger partial charge >= 0.3 is 5.97 Å². The molecule has 3 nitrogen and oxygen atoms in total. The van der Waals surface area contributed by atoms with Crippen LogP contribution in [-0.4, -0.2) is 24.7 Å². The van der Waals surface area contributed by atoms with Crippen LogP contribution in [0.5, 0.6) is 0 Å². The smallest absolute Gasteiger partial charge is 0.313 e. The monoisotopic (exact) mass is 221 g/mol. The summed E-state index contributed by atoms with van der Waals surface area (Å²) in [5.41, 5.74) is 1.15. The Morgan fingerprint density at radius 2 is 2.19 bits per heavy atom. The van der Waals surface area contributed by atoms with Crippen LogP contribution in [0.15, 0.2) is 24.3 Å². The zero-order valence-electron chi connectivity index (χ0n) is 10.1. The number of aliphatic carboxylic acids is 1. The summed E-state index contributed by atoms with van der Waals surface area (Å²) in [7, 11) is 1.83. The first-order valence-electron chi connectivity index (χ1n) is 5.46. The molecule has 0 aromatic heterocycles. The lowest BCUT2D eigenvalue weighted by Crippen LogP contribution is -2.35. The van der Waals surface area contributed by atoms with Crippen LogP contribution in [0.4, 0.5) is 0 Å². The minimum Gasteiger partial charge on any atom is -0.481 e. The van der Waals surface area contributed by atoms with Crippen molar-refractivity contribution in [1.29, 1.82) is 0 Å². The number of rotatable bonds is 5. The van der Waals surface area contributed by atoms with Crippen LogP contribution >= 0.6 is 0 Å². The highest BCUT2D eigenvalue weighted by Crippen LogP contribution is 2.28. The molecule has 16 heavy (non-hydrogen) atoms. The van der Waals surface area contributed by atoms with Gasteiger partial charge in [0, 0.05) is 0 Å². The van der Waals surface area contributed by atoms with Gasteiger partial charge in [-0.3, -0.25) is 4.79 Å². The third-order valence-corrected chi connectivity index (χ3v) is 3.00. The third-order valence-electron chi connectivity index (χ3n) is 3.00. The number of nitrogens with one attached hydrogen (secondary N) is 1. The van der Waals surface area contributed by atoms with Gasteiger partial charge in [-0.15, -0.1) is 0 Å². The van der Waals surface area contributed by atoms with Gasteiger partial charge in [-0.1, -0.05) is 29.8 Å². The molecule has 88 valence electrons. The van der Waals surface area contributed by atoms with Gasteiger partial charge in [-0.25, -0.2) is 0 Å². The largest absolute Gasteiger partial charge is 0.481 e. The van der Waals surface area contributed by atoms with Crippen molar-refractivity contribution < 1.29 is 9.90 Å². The van der Waals surface area contributed by atoms with Gasteiger partial charge in [0.1, 0.15) is 0 Å². The molecule has 1 atom stereocenters. The topological polar surface area (TPSA) is 49.3 Å². The van der Waals surface area contributed by atoms with Crippen LogP contribution in [0.25, 0.3) is 0 Å². The van der Waals surface area contributed by atoms with E-state index in [-0.39, 0.29) is 0 Å². The van der Waals surface area contributed by atoms with Gasteiger partial charge in [0.15, 0.2) is 0 Å². The molecule has 0 saturated heterocycles. The molecule has 1 unspecified atom stereocenters. The first kappa shape index (κ1) is 12.7. The van der Waals surface area contributed by atoms with Crippen LogP contribution in [0, 0.1) is 6.92 Å². The molecule has 0 aliphatic heterocycles. The summed E-state index contributed by atoms with van der Waals surface area (Å²) in [6.07, 6.45) is 0.586. The zero-order valence-corrected chi connectivity index (χ0v) is 10.1. The first-order valence-corrected chi connectivity index (χ1v) is 5.46. The van der Waals surface area contributed by atoms with Gasteiger partial charge in [0.2, 0.25) is 0 Å². The second-order valence-corrected chi connectivity index (χ2v) is 4.36. The molecule has 2 N–H and O–H groups in total. The number of hydrogen-bond donors (Lipinski definition) is 2. The Balaban J connectivity index is 3.06. The van der Waals surface area contributed by atoms with Gasteiger partial charge in [-0.05, 0) is 39.4 Å². The van der Waals surface area contributed by atoms with Gasteiger partial charge < -0.3 is 10.4 Å². The second-order valence-electron chi connectivity index (χ2n) is 4.36. The Bertz CT molecular complexity index is 376. The SMILES string of the molecule is CNCCC(C)(C(=O)O)c1cccc(C)c1. The highest BCUT2D eigenvalue weighted by atomic mass is 16.4. The van der Waals surface area contributed by atoms with E-state index in [4.69, 9.17) is 0 Å². The van der Waals surface area contributed by atoms with E-state index in [2.05, 4.69) is 5.32 Å². The molecule has 3 heteroatoms. The lowest BCUT2D eigenvalue weighted by Gasteiger charge is -2.25. The average molecular weight is 221 g/mol. The van der Waals surface area contributed by atoms with E-state index < -0.39 is 11.4 Å². The highest BCUT2D eigenvalue weighted by Gasteiger charge is 2.34. The van der Waals surface area contributed by atoms with Crippen molar-refractivity contribution in [2.45, 2.75) is 25.7 Å². The Kier molecular flexibility index (Phi) is 4.07.